The number of hydrogen-bond donors (Lipinski definition) is 1. The van der Waals surface area contributed by atoms with Crippen molar-refractivity contribution in [2.75, 3.05) is 25.0 Å². The van der Waals surface area contributed by atoms with Gasteiger partial charge < -0.3 is 10.2 Å². The Morgan fingerprint density at radius 1 is 1.28 bits per heavy atom. The van der Waals surface area contributed by atoms with Crippen molar-refractivity contribution in [3.05, 3.63) is 47.2 Å². The summed E-state index contributed by atoms with van der Waals surface area (Å²) >= 11 is 5.95. The molecule has 1 heterocycles. The average molecular weight is 361 g/mol. The van der Waals surface area contributed by atoms with E-state index >= 15 is 0 Å². The zero-order valence-electron chi connectivity index (χ0n) is 14.8. The fourth-order valence-electron chi connectivity index (χ4n) is 3.13. The number of nitrogens with zero attached hydrogens (tertiary/aromatic N) is 3. The second-order valence-electron chi connectivity index (χ2n) is 6.56. The first-order chi connectivity index (χ1) is 12.1. The highest BCUT2D eigenvalue weighted by atomic mass is 35.5. The molecule has 1 saturated carbocycles. The Morgan fingerprint density at radius 2 is 1.96 bits per heavy atom. The molecular weight excluding hydrogens is 336 g/mol. The first kappa shape index (κ1) is 18.0. The Hall–Kier alpha value is -1.85. The second-order valence-corrected chi connectivity index (χ2v) is 7.00. The Labute approximate surface area is 154 Å². The molecule has 1 aliphatic carbocycles. The van der Waals surface area contributed by atoms with Crippen LogP contribution < -0.4 is 5.32 Å². The molecule has 0 aliphatic heterocycles. The zero-order valence-corrected chi connectivity index (χ0v) is 15.6. The number of halogens is 1. The number of amides is 1. The minimum Gasteiger partial charge on any atom is -0.323 e. The lowest BCUT2D eigenvalue weighted by Gasteiger charge is -2.17. The van der Waals surface area contributed by atoms with Gasteiger partial charge >= 0.3 is 0 Å². The van der Waals surface area contributed by atoms with Crippen LogP contribution in [-0.4, -0.2) is 40.2 Å². The monoisotopic (exact) mass is 360 g/mol. The molecule has 0 atom stereocenters. The van der Waals surface area contributed by atoms with E-state index in [4.69, 9.17) is 11.6 Å². The quantitative estimate of drug-likeness (QED) is 0.783. The molecular formula is C19H25ClN4O. The van der Waals surface area contributed by atoms with Gasteiger partial charge in [0.15, 0.2) is 0 Å². The van der Waals surface area contributed by atoms with Gasteiger partial charge in [0, 0.05) is 17.8 Å². The standard InChI is InChI=1S/C19H25ClN4O/c1-3-23(4-2)11-12-24-14-17(13-21-24)22-18(25)19(9-10-19)15-5-7-16(20)8-6-15/h5-8,13-14H,3-4,9-12H2,1-2H3,(H,22,25). The molecule has 1 fully saturated rings. The van der Waals surface area contributed by atoms with Gasteiger partial charge in [0.25, 0.3) is 0 Å². The molecule has 0 bridgehead atoms. The number of hydrogen-bond acceptors (Lipinski definition) is 3. The molecule has 5 nitrogen and oxygen atoms in total. The second kappa shape index (κ2) is 7.58. The third-order valence-corrected chi connectivity index (χ3v) is 5.26. The average Bonchev–Trinajstić information content (AvgIpc) is 3.32. The first-order valence-corrected chi connectivity index (χ1v) is 9.27. The van der Waals surface area contributed by atoms with Gasteiger partial charge in [-0.3, -0.25) is 9.48 Å². The van der Waals surface area contributed by atoms with Crippen LogP contribution in [-0.2, 0) is 16.8 Å². The first-order valence-electron chi connectivity index (χ1n) is 8.89. The largest absolute Gasteiger partial charge is 0.323 e. The molecule has 1 amide bonds. The van der Waals surface area contributed by atoms with Crippen molar-refractivity contribution in [2.45, 2.75) is 38.6 Å². The van der Waals surface area contributed by atoms with Crippen molar-refractivity contribution in [1.82, 2.24) is 14.7 Å². The van der Waals surface area contributed by atoms with Crippen LogP contribution in [0.1, 0.15) is 32.3 Å². The topological polar surface area (TPSA) is 50.2 Å². The van der Waals surface area contributed by atoms with Crippen molar-refractivity contribution >= 4 is 23.2 Å². The van der Waals surface area contributed by atoms with E-state index in [1.807, 2.05) is 35.1 Å². The third kappa shape index (κ3) is 4.05. The number of benzene rings is 1. The van der Waals surface area contributed by atoms with Crippen LogP contribution in [0.15, 0.2) is 36.7 Å². The van der Waals surface area contributed by atoms with E-state index in [0.717, 1.165) is 50.3 Å². The molecule has 0 unspecified atom stereocenters. The van der Waals surface area contributed by atoms with E-state index in [0.29, 0.717) is 5.02 Å². The maximum atomic E-state index is 12.8. The summed E-state index contributed by atoms with van der Waals surface area (Å²) in [4.78, 5) is 15.1. The maximum absolute atomic E-state index is 12.8. The van der Waals surface area contributed by atoms with Crippen LogP contribution in [0.2, 0.25) is 5.02 Å². The summed E-state index contributed by atoms with van der Waals surface area (Å²) < 4.78 is 1.88. The van der Waals surface area contributed by atoms with Gasteiger partial charge in [-0.2, -0.15) is 5.10 Å². The summed E-state index contributed by atoms with van der Waals surface area (Å²) in [6.45, 7) is 8.15. The van der Waals surface area contributed by atoms with Gasteiger partial charge in [0.1, 0.15) is 0 Å². The Balaban J connectivity index is 1.61. The van der Waals surface area contributed by atoms with E-state index in [1.54, 1.807) is 6.20 Å². The van der Waals surface area contributed by atoms with Crippen LogP contribution in [0.5, 0.6) is 0 Å². The van der Waals surface area contributed by atoms with Crippen LogP contribution in [0.4, 0.5) is 5.69 Å². The fraction of sp³-hybridized carbons (Fsp3) is 0.474. The zero-order chi connectivity index (χ0) is 17.9. The lowest BCUT2D eigenvalue weighted by Crippen LogP contribution is -2.28. The summed E-state index contributed by atoms with van der Waals surface area (Å²) in [5.41, 5.74) is 1.38. The van der Waals surface area contributed by atoms with Crippen molar-refractivity contribution < 1.29 is 4.79 Å². The number of likely N-dealkylation sites (N-methyl/N-ethyl adjacent to an activating group) is 1. The van der Waals surface area contributed by atoms with Crippen molar-refractivity contribution in [3.63, 3.8) is 0 Å². The highest BCUT2D eigenvalue weighted by molar-refractivity contribution is 6.30. The third-order valence-electron chi connectivity index (χ3n) is 5.01. The van der Waals surface area contributed by atoms with Gasteiger partial charge in [-0.15, -0.1) is 0 Å². The highest BCUT2D eigenvalue weighted by Crippen LogP contribution is 2.49. The van der Waals surface area contributed by atoms with Gasteiger partial charge in [-0.1, -0.05) is 37.6 Å². The van der Waals surface area contributed by atoms with E-state index < -0.39 is 5.41 Å². The van der Waals surface area contributed by atoms with Gasteiger partial charge in [0.05, 0.1) is 23.8 Å². The lowest BCUT2D eigenvalue weighted by molar-refractivity contribution is -0.118. The minimum absolute atomic E-state index is 0.0399. The minimum atomic E-state index is -0.409. The molecule has 25 heavy (non-hydrogen) atoms. The summed E-state index contributed by atoms with van der Waals surface area (Å²) in [6.07, 6.45) is 5.37. The molecule has 3 rings (SSSR count). The smallest absolute Gasteiger partial charge is 0.235 e. The molecule has 1 aromatic heterocycles. The lowest BCUT2D eigenvalue weighted by atomic mass is 9.95. The normalized spacial score (nSPS) is 15.4. The number of aromatic nitrogens is 2. The Bertz CT molecular complexity index is 717. The van der Waals surface area contributed by atoms with Gasteiger partial charge in [-0.25, -0.2) is 0 Å². The van der Waals surface area contributed by atoms with E-state index in [2.05, 4.69) is 29.2 Å². The van der Waals surface area contributed by atoms with Crippen LogP contribution in [0.3, 0.4) is 0 Å². The number of carbonyl (C=O) groups excluding carboxylic acids is 1. The fourth-order valence-corrected chi connectivity index (χ4v) is 3.25. The van der Waals surface area contributed by atoms with E-state index in [1.165, 1.54) is 0 Å². The molecule has 0 saturated heterocycles. The van der Waals surface area contributed by atoms with Crippen molar-refractivity contribution in [1.29, 1.82) is 0 Å². The number of rotatable bonds is 8. The summed E-state index contributed by atoms with van der Waals surface area (Å²) in [5.74, 6) is 0.0399. The summed E-state index contributed by atoms with van der Waals surface area (Å²) in [5, 5.41) is 8.07. The molecule has 1 N–H and O–H groups in total. The molecule has 0 radical (unpaired) electrons. The van der Waals surface area contributed by atoms with Gasteiger partial charge in [0.2, 0.25) is 5.91 Å². The van der Waals surface area contributed by atoms with Crippen molar-refractivity contribution in [3.8, 4) is 0 Å². The number of carbonyl (C=O) groups is 1. The Morgan fingerprint density at radius 3 is 2.56 bits per heavy atom. The number of nitrogens with one attached hydrogen (secondary N) is 1. The van der Waals surface area contributed by atoms with E-state index in [-0.39, 0.29) is 5.91 Å². The predicted molar refractivity (Wildman–Crippen MR) is 101 cm³/mol. The highest BCUT2D eigenvalue weighted by Gasteiger charge is 2.51. The molecule has 1 aromatic carbocycles. The molecule has 6 heteroatoms. The molecule has 2 aromatic rings. The summed E-state index contributed by atoms with van der Waals surface area (Å²) in [7, 11) is 0. The number of anilines is 1. The van der Waals surface area contributed by atoms with Gasteiger partial charge in [-0.05, 0) is 43.6 Å². The SMILES string of the molecule is CCN(CC)CCn1cc(NC(=O)C2(c3ccc(Cl)cc3)CC2)cn1. The Kier molecular flexibility index (Phi) is 5.45. The van der Waals surface area contributed by atoms with Crippen LogP contribution >= 0.6 is 11.6 Å². The summed E-state index contributed by atoms with van der Waals surface area (Å²) in [6, 6.07) is 7.58. The van der Waals surface area contributed by atoms with E-state index in [9.17, 15) is 4.79 Å². The predicted octanol–water partition coefficient (Wildman–Crippen LogP) is 3.55. The molecule has 0 spiro atoms. The molecule has 1 aliphatic rings. The van der Waals surface area contributed by atoms with Crippen LogP contribution in [0.25, 0.3) is 0 Å². The van der Waals surface area contributed by atoms with Crippen LogP contribution in [0, 0.1) is 0 Å². The van der Waals surface area contributed by atoms with Crippen molar-refractivity contribution in [2.24, 2.45) is 0 Å². The molecule has 134 valence electrons. The maximum Gasteiger partial charge on any atom is 0.235 e.